The molecule has 0 fully saturated rings. The molecule has 0 spiro atoms. The molecular formula is C27H26ClN3O2. The lowest BCUT2D eigenvalue weighted by Crippen LogP contribution is -2.30. The minimum Gasteiger partial charge on any atom is -0.484 e. The highest BCUT2D eigenvalue weighted by Crippen LogP contribution is 2.18. The number of fused-ring (bicyclic) bond motifs is 1. The molecule has 0 saturated carbocycles. The fraction of sp³-hybridized carbons (Fsp3) is 0.185. The van der Waals surface area contributed by atoms with E-state index in [9.17, 15) is 4.79 Å². The van der Waals surface area contributed by atoms with E-state index in [1.54, 1.807) is 24.3 Å². The Hall–Kier alpha value is -3.57. The molecule has 0 bridgehead atoms. The van der Waals surface area contributed by atoms with Crippen LogP contribution in [0.5, 0.6) is 5.75 Å². The Bertz CT molecular complexity index is 1220. The van der Waals surface area contributed by atoms with Crippen LogP contribution in [-0.4, -0.2) is 28.6 Å². The van der Waals surface area contributed by atoms with Crippen LogP contribution in [0.4, 0.5) is 0 Å². The highest BCUT2D eigenvalue weighted by molar-refractivity contribution is 6.30. The first kappa shape index (κ1) is 22.6. The van der Waals surface area contributed by atoms with Gasteiger partial charge in [0.25, 0.3) is 5.91 Å². The van der Waals surface area contributed by atoms with E-state index in [1.807, 2.05) is 36.4 Å². The average molecular weight is 460 g/mol. The number of halogens is 1. The van der Waals surface area contributed by atoms with Crippen molar-refractivity contribution in [2.75, 3.05) is 13.2 Å². The summed E-state index contributed by atoms with van der Waals surface area (Å²) in [5.41, 5.74) is 3.28. The monoisotopic (exact) mass is 459 g/mol. The topological polar surface area (TPSA) is 56.1 Å². The molecule has 168 valence electrons. The molecule has 0 radical (unpaired) electrons. The van der Waals surface area contributed by atoms with Gasteiger partial charge in [0.1, 0.15) is 11.6 Å². The third kappa shape index (κ3) is 6.46. The highest BCUT2D eigenvalue weighted by atomic mass is 35.5. The van der Waals surface area contributed by atoms with Crippen molar-refractivity contribution in [3.63, 3.8) is 0 Å². The van der Waals surface area contributed by atoms with E-state index >= 15 is 0 Å². The van der Waals surface area contributed by atoms with E-state index in [-0.39, 0.29) is 12.5 Å². The second-order valence-corrected chi connectivity index (χ2v) is 8.07. The van der Waals surface area contributed by atoms with Gasteiger partial charge >= 0.3 is 0 Å². The van der Waals surface area contributed by atoms with Crippen LogP contribution in [-0.2, 0) is 17.8 Å². The molecule has 1 aromatic heterocycles. The van der Waals surface area contributed by atoms with E-state index in [4.69, 9.17) is 21.3 Å². The summed E-state index contributed by atoms with van der Waals surface area (Å²) in [6, 6.07) is 25.4. The average Bonchev–Trinajstić information content (AvgIpc) is 3.19. The summed E-state index contributed by atoms with van der Waals surface area (Å²) in [4.78, 5) is 16.9. The molecule has 1 heterocycles. The number of aryl methyl sites for hydroxylation is 1. The van der Waals surface area contributed by atoms with E-state index in [0.29, 0.717) is 17.3 Å². The Balaban J connectivity index is 1.30. The molecular weight excluding hydrogens is 434 g/mol. The van der Waals surface area contributed by atoms with Gasteiger partial charge in [0, 0.05) is 24.5 Å². The molecule has 0 aliphatic rings. The summed E-state index contributed by atoms with van der Waals surface area (Å²) in [7, 11) is 0. The fourth-order valence-electron chi connectivity index (χ4n) is 3.58. The number of carbonyl (C=O) groups is 1. The zero-order valence-electron chi connectivity index (χ0n) is 18.3. The van der Waals surface area contributed by atoms with Crippen molar-refractivity contribution in [3.05, 3.63) is 101 Å². The van der Waals surface area contributed by atoms with Crippen molar-refractivity contribution >= 4 is 34.6 Å². The molecule has 3 aromatic carbocycles. The lowest BCUT2D eigenvalue weighted by atomic mass is 10.2. The van der Waals surface area contributed by atoms with Gasteiger partial charge < -0.3 is 14.6 Å². The van der Waals surface area contributed by atoms with Gasteiger partial charge in [-0.05, 0) is 48.4 Å². The second kappa shape index (κ2) is 11.3. The van der Waals surface area contributed by atoms with Crippen LogP contribution in [0.1, 0.15) is 17.8 Å². The summed E-state index contributed by atoms with van der Waals surface area (Å²) >= 11 is 5.86. The molecule has 0 aliphatic heterocycles. The van der Waals surface area contributed by atoms with Gasteiger partial charge in [0.15, 0.2) is 6.61 Å². The Morgan fingerprint density at radius 1 is 1.00 bits per heavy atom. The minimum atomic E-state index is -0.149. The third-order valence-electron chi connectivity index (χ3n) is 5.21. The van der Waals surface area contributed by atoms with Crippen LogP contribution < -0.4 is 10.1 Å². The van der Waals surface area contributed by atoms with Crippen LogP contribution >= 0.6 is 11.6 Å². The summed E-state index contributed by atoms with van der Waals surface area (Å²) in [5, 5.41) is 3.54. The summed E-state index contributed by atoms with van der Waals surface area (Å²) in [5.74, 6) is 1.48. The zero-order valence-corrected chi connectivity index (χ0v) is 19.0. The third-order valence-corrected chi connectivity index (χ3v) is 5.47. The van der Waals surface area contributed by atoms with Gasteiger partial charge in [-0.3, -0.25) is 4.79 Å². The molecule has 5 nitrogen and oxygen atoms in total. The summed E-state index contributed by atoms with van der Waals surface area (Å²) in [6.45, 7) is 1.28. The second-order valence-electron chi connectivity index (χ2n) is 7.64. The van der Waals surface area contributed by atoms with Crippen molar-refractivity contribution in [2.45, 2.75) is 19.4 Å². The Morgan fingerprint density at radius 2 is 1.76 bits per heavy atom. The number of aromatic nitrogens is 2. The molecule has 0 saturated heterocycles. The summed E-state index contributed by atoms with van der Waals surface area (Å²) < 4.78 is 7.72. The lowest BCUT2D eigenvalue weighted by molar-refractivity contribution is -0.123. The number of benzene rings is 3. The maximum atomic E-state index is 12.1. The van der Waals surface area contributed by atoms with Gasteiger partial charge in [-0.1, -0.05) is 66.2 Å². The van der Waals surface area contributed by atoms with Crippen LogP contribution in [0, 0.1) is 0 Å². The number of amides is 1. The minimum absolute atomic E-state index is 0.0234. The van der Waals surface area contributed by atoms with Gasteiger partial charge in [-0.15, -0.1) is 0 Å². The predicted molar refractivity (Wildman–Crippen MR) is 133 cm³/mol. The quantitative estimate of drug-likeness (QED) is 0.317. The number of carbonyl (C=O) groups excluding carboxylic acids is 1. The number of hydrogen-bond acceptors (Lipinski definition) is 3. The first-order valence-electron chi connectivity index (χ1n) is 11.0. The fourth-order valence-corrected chi connectivity index (χ4v) is 3.71. The van der Waals surface area contributed by atoms with Gasteiger partial charge in [-0.2, -0.15) is 0 Å². The first-order valence-corrected chi connectivity index (χ1v) is 11.4. The predicted octanol–water partition coefficient (Wildman–Crippen LogP) is 5.53. The molecule has 0 atom stereocenters. The molecule has 6 heteroatoms. The molecule has 0 unspecified atom stereocenters. The Morgan fingerprint density at radius 3 is 2.58 bits per heavy atom. The van der Waals surface area contributed by atoms with Crippen LogP contribution in [0.3, 0.4) is 0 Å². The van der Waals surface area contributed by atoms with E-state index in [0.717, 1.165) is 36.2 Å². The first-order chi connectivity index (χ1) is 16.2. The van der Waals surface area contributed by atoms with Crippen LogP contribution in [0.15, 0.2) is 84.9 Å². The van der Waals surface area contributed by atoms with Crippen LogP contribution in [0.2, 0.25) is 5.02 Å². The number of allylic oxidation sites excluding steroid dienone is 1. The summed E-state index contributed by atoms with van der Waals surface area (Å²) in [6.07, 6.45) is 5.84. The van der Waals surface area contributed by atoms with Gasteiger partial charge in [0.05, 0.1) is 11.0 Å². The Labute approximate surface area is 198 Å². The SMILES string of the molecule is O=C(COc1ccc(Cl)cc1)NCCCc1nc2ccccc2n1C/C=C/c1ccccc1. The smallest absolute Gasteiger partial charge is 0.257 e. The Kier molecular flexibility index (Phi) is 7.77. The van der Waals surface area contributed by atoms with Gasteiger partial charge in [-0.25, -0.2) is 4.98 Å². The largest absolute Gasteiger partial charge is 0.484 e. The lowest BCUT2D eigenvalue weighted by Gasteiger charge is -2.09. The standard InChI is InChI=1S/C27H26ClN3O2/c28-22-14-16-23(17-15-22)33-20-27(32)29-18-6-13-26-30-24-11-4-5-12-25(24)31(26)19-7-10-21-8-2-1-3-9-21/h1-5,7-12,14-17H,6,13,18-20H2,(H,29,32)/b10-7+. The number of imidazole rings is 1. The zero-order chi connectivity index (χ0) is 22.9. The maximum absolute atomic E-state index is 12.1. The number of para-hydroxylation sites is 2. The maximum Gasteiger partial charge on any atom is 0.257 e. The van der Waals surface area contributed by atoms with Crippen molar-refractivity contribution in [3.8, 4) is 5.75 Å². The molecule has 1 amide bonds. The van der Waals surface area contributed by atoms with Crippen molar-refractivity contribution in [2.24, 2.45) is 0 Å². The molecule has 4 aromatic rings. The number of hydrogen-bond donors (Lipinski definition) is 1. The molecule has 0 aliphatic carbocycles. The van der Waals surface area contributed by atoms with Crippen molar-refractivity contribution in [1.29, 1.82) is 0 Å². The normalized spacial score (nSPS) is 11.2. The van der Waals surface area contributed by atoms with Crippen molar-refractivity contribution in [1.82, 2.24) is 14.9 Å². The van der Waals surface area contributed by atoms with Gasteiger partial charge in [0.2, 0.25) is 0 Å². The van der Waals surface area contributed by atoms with E-state index in [1.165, 1.54) is 5.56 Å². The number of nitrogens with zero attached hydrogens (tertiary/aromatic N) is 2. The van der Waals surface area contributed by atoms with E-state index < -0.39 is 0 Å². The molecule has 33 heavy (non-hydrogen) atoms. The molecule has 1 N–H and O–H groups in total. The highest BCUT2D eigenvalue weighted by Gasteiger charge is 2.10. The number of nitrogens with one attached hydrogen (secondary N) is 1. The number of ether oxygens (including phenoxy) is 1. The van der Waals surface area contributed by atoms with Crippen LogP contribution in [0.25, 0.3) is 17.1 Å². The van der Waals surface area contributed by atoms with Crippen molar-refractivity contribution < 1.29 is 9.53 Å². The molecule has 4 rings (SSSR count). The van der Waals surface area contributed by atoms with E-state index in [2.05, 4.69) is 40.2 Å². The number of rotatable bonds is 10.